The molecule has 22 heavy (non-hydrogen) atoms. The maximum atomic E-state index is 11.6. The van der Waals surface area contributed by atoms with E-state index in [2.05, 4.69) is 20.2 Å². The van der Waals surface area contributed by atoms with Gasteiger partial charge in [0.05, 0.1) is 11.5 Å². The van der Waals surface area contributed by atoms with Crippen LogP contribution in [0.25, 0.3) is 0 Å². The SMILES string of the molecule is Cc1nc(NC2CCS(=O)(=O)C2)cc(N2CCCCCC2)n1. The predicted molar refractivity (Wildman–Crippen MR) is 88.1 cm³/mol. The van der Waals surface area contributed by atoms with Crippen molar-refractivity contribution in [1.82, 2.24) is 9.97 Å². The van der Waals surface area contributed by atoms with Gasteiger partial charge in [-0.15, -0.1) is 0 Å². The van der Waals surface area contributed by atoms with E-state index in [9.17, 15) is 8.42 Å². The molecule has 6 nitrogen and oxygen atoms in total. The molecule has 0 bridgehead atoms. The van der Waals surface area contributed by atoms with E-state index < -0.39 is 9.84 Å². The average molecular weight is 324 g/mol. The van der Waals surface area contributed by atoms with E-state index in [1.807, 2.05) is 13.0 Å². The topological polar surface area (TPSA) is 75.2 Å². The van der Waals surface area contributed by atoms with Crippen molar-refractivity contribution in [3.8, 4) is 0 Å². The van der Waals surface area contributed by atoms with Crippen molar-refractivity contribution in [3.05, 3.63) is 11.9 Å². The van der Waals surface area contributed by atoms with Crippen LogP contribution in [0.5, 0.6) is 0 Å². The van der Waals surface area contributed by atoms with Crippen LogP contribution in [0, 0.1) is 6.92 Å². The lowest BCUT2D eigenvalue weighted by Gasteiger charge is -2.22. The summed E-state index contributed by atoms with van der Waals surface area (Å²) in [6.07, 6.45) is 5.63. The molecule has 0 aromatic carbocycles. The van der Waals surface area contributed by atoms with Gasteiger partial charge >= 0.3 is 0 Å². The smallest absolute Gasteiger partial charge is 0.152 e. The van der Waals surface area contributed by atoms with Crippen LogP contribution in [0.1, 0.15) is 37.9 Å². The third-order valence-corrected chi connectivity index (χ3v) is 6.11. The van der Waals surface area contributed by atoms with Gasteiger partial charge in [0.25, 0.3) is 0 Å². The van der Waals surface area contributed by atoms with Crippen molar-refractivity contribution in [2.45, 2.75) is 45.1 Å². The standard InChI is InChI=1S/C15H24N4O2S/c1-12-16-14(18-13-6-9-22(20,21)11-13)10-15(17-12)19-7-4-2-3-5-8-19/h10,13H,2-9,11H2,1H3,(H,16,17,18). The van der Waals surface area contributed by atoms with Gasteiger partial charge in [0.15, 0.2) is 9.84 Å². The number of nitrogens with one attached hydrogen (secondary N) is 1. The highest BCUT2D eigenvalue weighted by Crippen LogP contribution is 2.22. The molecule has 1 unspecified atom stereocenters. The lowest BCUT2D eigenvalue weighted by Crippen LogP contribution is -2.26. The van der Waals surface area contributed by atoms with E-state index in [-0.39, 0.29) is 17.5 Å². The van der Waals surface area contributed by atoms with E-state index in [1.165, 1.54) is 25.7 Å². The highest BCUT2D eigenvalue weighted by Gasteiger charge is 2.28. The lowest BCUT2D eigenvalue weighted by atomic mass is 10.2. The Morgan fingerprint density at radius 1 is 1.18 bits per heavy atom. The Morgan fingerprint density at radius 3 is 2.55 bits per heavy atom. The third-order valence-electron chi connectivity index (χ3n) is 4.34. The van der Waals surface area contributed by atoms with E-state index in [4.69, 9.17) is 0 Å². The highest BCUT2D eigenvalue weighted by atomic mass is 32.2. The van der Waals surface area contributed by atoms with Crippen molar-refractivity contribution >= 4 is 21.5 Å². The fourth-order valence-electron chi connectivity index (χ4n) is 3.21. The molecule has 1 aromatic heterocycles. The van der Waals surface area contributed by atoms with Crippen LogP contribution in [0.3, 0.4) is 0 Å². The van der Waals surface area contributed by atoms with Crippen LogP contribution in [0.2, 0.25) is 0 Å². The molecule has 0 spiro atoms. The maximum absolute atomic E-state index is 11.6. The molecule has 0 saturated carbocycles. The number of anilines is 2. The number of hydrogen-bond acceptors (Lipinski definition) is 6. The second-order valence-electron chi connectivity index (χ2n) is 6.30. The maximum Gasteiger partial charge on any atom is 0.152 e. The predicted octanol–water partition coefficient (Wildman–Crippen LogP) is 1.76. The monoisotopic (exact) mass is 324 g/mol. The van der Waals surface area contributed by atoms with Gasteiger partial charge in [0, 0.05) is 25.2 Å². The molecule has 0 radical (unpaired) electrons. The van der Waals surface area contributed by atoms with Gasteiger partial charge < -0.3 is 10.2 Å². The van der Waals surface area contributed by atoms with E-state index >= 15 is 0 Å². The molecule has 0 aliphatic carbocycles. The molecule has 1 aromatic rings. The highest BCUT2D eigenvalue weighted by molar-refractivity contribution is 7.91. The van der Waals surface area contributed by atoms with E-state index in [0.717, 1.165) is 30.5 Å². The minimum absolute atomic E-state index is 0.0312. The number of nitrogens with zero attached hydrogens (tertiary/aromatic N) is 3. The Kier molecular flexibility index (Phi) is 4.52. The lowest BCUT2D eigenvalue weighted by molar-refractivity contribution is 0.602. The summed E-state index contributed by atoms with van der Waals surface area (Å²) in [4.78, 5) is 11.3. The zero-order valence-corrected chi connectivity index (χ0v) is 13.9. The minimum atomic E-state index is -2.88. The van der Waals surface area contributed by atoms with E-state index in [0.29, 0.717) is 6.42 Å². The molecule has 0 amide bonds. The summed E-state index contributed by atoms with van der Waals surface area (Å²) in [6.45, 7) is 3.96. The van der Waals surface area contributed by atoms with Crippen molar-refractivity contribution < 1.29 is 8.42 Å². The first-order valence-corrected chi connectivity index (χ1v) is 9.92. The molecular formula is C15H24N4O2S. The summed E-state index contributed by atoms with van der Waals surface area (Å²) in [6, 6.07) is 1.93. The van der Waals surface area contributed by atoms with Gasteiger partial charge in [-0.25, -0.2) is 18.4 Å². The Hall–Kier alpha value is -1.37. The number of aromatic nitrogens is 2. The van der Waals surface area contributed by atoms with Crippen molar-refractivity contribution in [2.75, 3.05) is 34.8 Å². The molecule has 2 saturated heterocycles. The number of sulfone groups is 1. The van der Waals surface area contributed by atoms with Crippen LogP contribution in [0.15, 0.2) is 6.07 Å². The molecule has 2 fully saturated rings. The molecule has 2 aliphatic rings. The van der Waals surface area contributed by atoms with Gasteiger partial charge in [-0.3, -0.25) is 0 Å². The average Bonchev–Trinajstić information content (AvgIpc) is 2.67. The Labute approximate surface area is 132 Å². The van der Waals surface area contributed by atoms with Gasteiger partial charge in [0.1, 0.15) is 17.5 Å². The Balaban J connectivity index is 1.74. The largest absolute Gasteiger partial charge is 0.366 e. The first-order valence-electron chi connectivity index (χ1n) is 8.09. The Morgan fingerprint density at radius 2 is 1.91 bits per heavy atom. The van der Waals surface area contributed by atoms with E-state index in [1.54, 1.807) is 0 Å². The second kappa shape index (κ2) is 6.40. The first kappa shape index (κ1) is 15.5. The molecule has 1 atom stereocenters. The fourth-order valence-corrected chi connectivity index (χ4v) is 4.88. The van der Waals surface area contributed by atoms with Gasteiger partial charge in [0.2, 0.25) is 0 Å². The zero-order chi connectivity index (χ0) is 15.6. The summed E-state index contributed by atoms with van der Waals surface area (Å²) in [5, 5.41) is 3.28. The van der Waals surface area contributed by atoms with Crippen LogP contribution in [-0.4, -0.2) is 49.0 Å². The molecule has 3 rings (SSSR count). The van der Waals surface area contributed by atoms with Crippen LogP contribution < -0.4 is 10.2 Å². The van der Waals surface area contributed by atoms with Crippen molar-refractivity contribution in [3.63, 3.8) is 0 Å². The number of rotatable bonds is 3. The van der Waals surface area contributed by atoms with Crippen molar-refractivity contribution in [1.29, 1.82) is 0 Å². The molecule has 7 heteroatoms. The van der Waals surface area contributed by atoms with Crippen LogP contribution in [0.4, 0.5) is 11.6 Å². The number of hydrogen-bond donors (Lipinski definition) is 1. The molecule has 122 valence electrons. The summed E-state index contributed by atoms with van der Waals surface area (Å²) >= 11 is 0. The number of aryl methyl sites for hydroxylation is 1. The van der Waals surface area contributed by atoms with Gasteiger partial charge in [-0.1, -0.05) is 12.8 Å². The first-order chi connectivity index (χ1) is 10.5. The molecule has 1 N–H and O–H groups in total. The van der Waals surface area contributed by atoms with Crippen molar-refractivity contribution in [2.24, 2.45) is 0 Å². The third kappa shape index (κ3) is 3.88. The summed E-state index contributed by atoms with van der Waals surface area (Å²) < 4.78 is 23.1. The van der Waals surface area contributed by atoms with Crippen LogP contribution in [-0.2, 0) is 9.84 Å². The summed E-state index contributed by atoms with van der Waals surface area (Å²) in [5.41, 5.74) is 0. The fraction of sp³-hybridized carbons (Fsp3) is 0.733. The molecule has 2 aliphatic heterocycles. The second-order valence-corrected chi connectivity index (χ2v) is 8.53. The molecular weight excluding hydrogens is 300 g/mol. The van der Waals surface area contributed by atoms with Gasteiger partial charge in [-0.2, -0.15) is 0 Å². The quantitative estimate of drug-likeness (QED) is 0.913. The Bertz CT molecular complexity index is 624. The molecule has 3 heterocycles. The van der Waals surface area contributed by atoms with Gasteiger partial charge in [-0.05, 0) is 26.2 Å². The summed E-state index contributed by atoms with van der Waals surface area (Å²) in [7, 11) is -2.88. The normalized spacial score (nSPS) is 25.0. The minimum Gasteiger partial charge on any atom is -0.366 e. The van der Waals surface area contributed by atoms with Crippen LogP contribution >= 0.6 is 0 Å². The zero-order valence-electron chi connectivity index (χ0n) is 13.1. The summed E-state index contributed by atoms with van der Waals surface area (Å²) in [5.74, 6) is 2.90.